The number of aliphatic hydroxyl groups excluding tert-OH is 1. The van der Waals surface area contributed by atoms with Crippen LogP contribution in [0.4, 0.5) is 8.78 Å². The average Bonchev–Trinajstić information content (AvgIpc) is 3.26. The van der Waals surface area contributed by atoms with Crippen LogP contribution >= 0.6 is 11.8 Å². The van der Waals surface area contributed by atoms with E-state index < -0.39 is 29.7 Å². The third-order valence-corrected chi connectivity index (χ3v) is 7.48. The van der Waals surface area contributed by atoms with Gasteiger partial charge >= 0.3 is 0 Å². The van der Waals surface area contributed by atoms with Crippen LogP contribution in [0.3, 0.4) is 0 Å². The Labute approximate surface area is 228 Å². The van der Waals surface area contributed by atoms with Gasteiger partial charge in [-0.3, -0.25) is 4.79 Å². The van der Waals surface area contributed by atoms with Gasteiger partial charge in [0.1, 0.15) is 17.4 Å². The highest BCUT2D eigenvalue weighted by Crippen LogP contribution is 2.22. The van der Waals surface area contributed by atoms with Crippen LogP contribution < -0.4 is 10.6 Å². The number of hydrogen-bond acceptors (Lipinski definition) is 5. The number of rotatable bonds is 15. The molecule has 5 nitrogen and oxygen atoms in total. The zero-order valence-electron chi connectivity index (χ0n) is 22.4. The third-order valence-electron chi connectivity index (χ3n) is 6.39. The molecule has 0 unspecified atom stereocenters. The van der Waals surface area contributed by atoms with Crippen molar-refractivity contribution in [2.75, 3.05) is 12.3 Å². The lowest BCUT2D eigenvalue weighted by Gasteiger charge is -2.24. The van der Waals surface area contributed by atoms with Gasteiger partial charge in [0.05, 0.1) is 12.1 Å². The fourth-order valence-corrected chi connectivity index (χ4v) is 5.32. The number of aryl methyl sites for hydroxylation is 2. The molecule has 0 fully saturated rings. The number of benzene rings is 2. The fourth-order valence-electron chi connectivity index (χ4n) is 4.18. The molecule has 1 amide bonds. The summed E-state index contributed by atoms with van der Waals surface area (Å²) in [5.41, 5.74) is 3.60. The van der Waals surface area contributed by atoms with Crippen LogP contribution in [0.15, 0.2) is 52.9 Å². The van der Waals surface area contributed by atoms with Gasteiger partial charge in [0.25, 0.3) is 5.91 Å². The van der Waals surface area contributed by atoms with Crippen LogP contribution in [0.1, 0.15) is 65.3 Å². The van der Waals surface area contributed by atoms with Crippen molar-refractivity contribution in [2.24, 2.45) is 0 Å². The predicted octanol–water partition coefficient (Wildman–Crippen LogP) is 5.95. The summed E-state index contributed by atoms with van der Waals surface area (Å²) >= 11 is 1.79. The van der Waals surface area contributed by atoms with Gasteiger partial charge in [-0.05, 0) is 66.8 Å². The van der Waals surface area contributed by atoms with Gasteiger partial charge in [-0.15, -0.1) is 0 Å². The van der Waals surface area contributed by atoms with Crippen molar-refractivity contribution in [2.45, 2.75) is 70.9 Å². The molecule has 3 rings (SSSR count). The lowest BCUT2D eigenvalue weighted by molar-refractivity contribution is 0.0803. The molecular formula is C30H38F2N2O3S. The smallest absolute Gasteiger partial charge is 0.287 e. The minimum Gasteiger partial charge on any atom is -0.456 e. The Bertz CT molecular complexity index is 1160. The molecule has 0 aliphatic carbocycles. The zero-order chi connectivity index (χ0) is 27.5. The fraction of sp³-hybridized carbons (Fsp3) is 0.433. The normalized spacial score (nSPS) is 12.9. The van der Waals surface area contributed by atoms with Crippen molar-refractivity contribution < 1.29 is 23.1 Å². The Kier molecular flexibility index (Phi) is 11.8. The van der Waals surface area contributed by atoms with E-state index in [0.717, 1.165) is 48.0 Å². The molecule has 0 bridgehead atoms. The molecule has 0 aliphatic rings. The Morgan fingerprint density at radius 2 is 1.79 bits per heavy atom. The van der Waals surface area contributed by atoms with Gasteiger partial charge in [0.15, 0.2) is 5.76 Å². The van der Waals surface area contributed by atoms with E-state index in [1.807, 2.05) is 19.1 Å². The number of unbranched alkanes of at least 4 members (excludes halogenated alkanes) is 1. The highest BCUT2D eigenvalue weighted by Gasteiger charge is 2.25. The molecule has 206 valence electrons. The summed E-state index contributed by atoms with van der Waals surface area (Å²) in [6, 6.07) is 12.3. The summed E-state index contributed by atoms with van der Waals surface area (Å²) in [4.78, 5) is 13.1. The van der Waals surface area contributed by atoms with Crippen molar-refractivity contribution >= 4 is 17.7 Å². The van der Waals surface area contributed by atoms with Crippen LogP contribution in [-0.2, 0) is 25.1 Å². The highest BCUT2D eigenvalue weighted by molar-refractivity contribution is 7.98. The Morgan fingerprint density at radius 3 is 2.50 bits per heavy atom. The number of nitrogens with one attached hydrogen (secondary N) is 2. The van der Waals surface area contributed by atoms with E-state index in [9.17, 15) is 18.7 Å². The maximum Gasteiger partial charge on any atom is 0.287 e. The van der Waals surface area contributed by atoms with E-state index in [1.165, 1.54) is 17.7 Å². The van der Waals surface area contributed by atoms with Crippen LogP contribution in [0, 0.1) is 18.6 Å². The van der Waals surface area contributed by atoms with Gasteiger partial charge < -0.3 is 20.2 Å². The van der Waals surface area contributed by atoms with Crippen LogP contribution in [0.2, 0.25) is 0 Å². The molecule has 2 aromatic carbocycles. The number of hydrogen-bond donors (Lipinski definition) is 3. The molecule has 3 aromatic rings. The largest absolute Gasteiger partial charge is 0.456 e. The highest BCUT2D eigenvalue weighted by atomic mass is 32.2. The maximum absolute atomic E-state index is 13.8. The minimum atomic E-state index is -1.01. The number of furan rings is 1. The molecule has 0 spiro atoms. The van der Waals surface area contributed by atoms with E-state index in [0.29, 0.717) is 17.9 Å². The van der Waals surface area contributed by atoms with Crippen LogP contribution in [0.5, 0.6) is 0 Å². The van der Waals surface area contributed by atoms with Gasteiger partial charge in [-0.1, -0.05) is 44.5 Å². The summed E-state index contributed by atoms with van der Waals surface area (Å²) in [6.45, 7) is 6.78. The summed E-state index contributed by atoms with van der Waals surface area (Å²) in [7, 11) is 0. The van der Waals surface area contributed by atoms with Crippen molar-refractivity contribution in [1.29, 1.82) is 0 Å². The van der Waals surface area contributed by atoms with Gasteiger partial charge in [-0.2, -0.15) is 11.8 Å². The Hall–Kier alpha value is -2.68. The second-order valence-electron chi connectivity index (χ2n) is 9.53. The summed E-state index contributed by atoms with van der Waals surface area (Å²) < 4.78 is 33.4. The van der Waals surface area contributed by atoms with Crippen molar-refractivity contribution in [3.05, 3.63) is 93.9 Å². The topological polar surface area (TPSA) is 74.5 Å². The summed E-state index contributed by atoms with van der Waals surface area (Å²) in [6.07, 6.45) is 2.23. The number of thioether (sulfide) groups is 1. The van der Waals surface area contributed by atoms with Crippen molar-refractivity contribution in [3.8, 4) is 0 Å². The predicted molar refractivity (Wildman–Crippen MR) is 149 cm³/mol. The zero-order valence-corrected chi connectivity index (χ0v) is 23.2. The Balaban J connectivity index is 1.69. The van der Waals surface area contributed by atoms with Crippen LogP contribution in [0.25, 0.3) is 0 Å². The van der Waals surface area contributed by atoms with Crippen LogP contribution in [-0.4, -0.2) is 35.5 Å². The maximum atomic E-state index is 13.8. The average molecular weight is 545 g/mol. The quantitative estimate of drug-likeness (QED) is 0.206. The van der Waals surface area contributed by atoms with E-state index >= 15 is 0 Å². The Morgan fingerprint density at radius 1 is 1.05 bits per heavy atom. The first-order valence-corrected chi connectivity index (χ1v) is 14.3. The first kappa shape index (κ1) is 29.9. The second-order valence-corrected chi connectivity index (χ2v) is 10.6. The molecular weight excluding hydrogens is 506 g/mol. The summed E-state index contributed by atoms with van der Waals surface area (Å²) in [5, 5.41) is 17.1. The molecule has 8 heteroatoms. The number of carbonyl (C=O) groups is 1. The standard InChI is InChI=1S/C30H38F2N2O3S/c1-4-6-10-38-19-24-15-29(37-20(24)3)30(36)34-27(14-23-12-25(31)16-26(32)13-23)28(35)18-33-17-22-9-7-8-21(5-2)11-22/h7-9,11-13,15-16,27-28,33,35H,4-6,10,14,17-19H2,1-3H3,(H,34,36)/t27-,28+/m0/s1. The summed E-state index contributed by atoms with van der Waals surface area (Å²) in [5.74, 6) is 0.729. The molecule has 0 saturated heterocycles. The molecule has 3 N–H and O–H groups in total. The molecule has 0 radical (unpaired) electrons. The molecule has 38 heavy (non-hydrogen) atoms. The van der Waals surface area contributed by atoms with E-state index in [2.05, 4.69) is 36.6 Å². The van der Waals surface area contributed by atoms with E-state index in [4.69, 9.17) is 4.42 Å². The second kappa shape index (κ2) is 15.0. The van der Waals surface area contributed by atoms with E-state index in [1.54, 1.807) is 17.8 Å². The van der Waals surface area contributed by atoms with Gasteiger partial charge in [0.2, 0.25) is 0 Å². The SMILES string of the molecule is CCCCSCc1cc(C(=O)N[C@@H](Cc2cc(F)cc(F)c2)[C@H](O)CNCc2cccc(CC)c2)oc1C. The lowest BCUT2D eigenvalue weighted by atomic mass is 10.00. The molecule has 2 atom stereocenters. The third kappa shape index (κ3) is 9.26. The monoisotopic (exact) mass is 544 g/mol. The molecule has 0 saturated carbocycles. The van der Waals surface area contributed by atoms with Crippen molar-refractivity contribution in [1.82, 2.24) is 10.6 Å². The van der Waals surface area contributed by atoms with Gasteiger partial charge in [-0.25, -0.2) is 8.78 Å². The first-order valence-electron chi connectivity index (χ1n) is 13.2. The first-order chi connectivity index (χ1) is 18.3. The molecule has 0 aliphatic heterocycles. The molecule has 1 heterocycles. The number of amides is 1. The number of halogens is 2. The number of aliphatic hydroxyl groups is 1. The van der Waals surface area contributed by atoms with Crippen molar-refractivity contribution in [3.63, 3.8) is 0 Å². The van der Waals surface area contributed by atoms with E-state index in [-0.39, 0.29) is 18.7 Å². The number of carbonyl (C=O) groups excluding carboxylic acids is 1. The lowest BCUT2D eigenvalue weighted by Crippen LogP contribution is -2.48. The van der Waals surface area contributed by atoms with Gasteiger partial charge in [0, 0.05) is 30.5 Å². The minimum absolute atomic E-state index is 0.0496. The molecule has 1 aromatic heterocycles.